The van der Waals surface area contributed by atoms with Gasteiger partial charge in [-0.2, -0.15) is 0 Å². The van der Waals surface area contributed by atoms with Crippen molar-refractivity contribution >= 4 is 6.08 Å². The summed E-state index contributed by atoms with van der Waals surface area (Å²) in [6.45, 7) is 11.1. The predicted octanol–water partition coefficient (Wildman–Crippen LogP) is 6.06. The fourth-order valence-electron chi connectivity index (χ4n) is 2.40. The van der Waals surface area contributed by atoms with Gasteiger partial charge in [-0.15, -0.1) is 0 Å². The van der Waals surface area contributed by atoms with Crippen molar-refractivity contribution in [1.29, 1.82) is 0 Å². The van der Waals surface area contributed by atoms with Crippen LogP contribution >= 0.6 is 0 Å². The minimum atomic E-state index is 0. The van der Waals surface area contributed by atoms with E-state index in [1.165, 1.54) is 27.8 Å². The molecule has 0 aliphatic heterocycles. The number of allylic oxidation sites excluding steroid dienone is 3. The van der Waals surface area contributed by atoms with Crippen LogP contribution in [0.1, 0.15) is 25.0 Å². The standard InChI is InChI=1S/C16H14.C5H8.Zr/c1-12-10-14-8-5-9-15(16(14)11-12)13-6-3-2-4-7-13;1-4-5(2)3;/h2-9,11H,10H2,1H3;4H,1-2H2,3H3;. The molecule has 110 valence electrons. The Morgan fingerprint density at radius 2 is 1.68 bits per heavy atom. The Morgan fingerprint density at radius 1 is 1.05 bits per heavy atom. The Kier molecular flexibility index (Phi) is 7.49. The van der Waals surface area contributed by atoms with Gasteiger partial charge in [0.2, 0.25) is 0 Å². The third-order valence-corrected chi connectivity index (χ3v) is 3.49. The second-order valence-corrected chi connectivity index (χ2v) is 5.46. The van der Waals surface area contributed by atoms with Gasteiger partial charge in [-0.25, -0.2) is 0 Å². The van der Waals surface area contributed by atoms with Crippen molar-refractivity contribution in [2.75, 3.05) is 0 Å². The summed E-state index contributed by atoms with van der Waals surface area (Å²) in [7, 11) is 0. The summed E-state index contributed by atoms with van der Waals surface area (Å²) in [5.74, 6) is 0. The van der Waals surface area contributed by atoms with E-state index in [2.05, 4.69) is 74.7 Å². The van der Waals surface area contributed by atoms with E-state index in [4.69, 9.17) is 0 Å². The normalized spacial score (nSPS) is 11.3. The number of hydrogen-bond donors (Lipinski definition) is 0. The van der Waals surface area contributed by atoms with Crippen LogP contribution in [0.5, 0.6) is 0 Å². The summed E-state index contributed by atoms with van der Waals surface area (Å²) in [5.41, 5.74) is 8.01. The molecule has 0 heterocycles. The van der Waals surface area contributed by atoms with E-state index in [1.54, 1.807) is 6.08 Å². The van der Waals surface area contributed by atoms with E-state index >= 15 is 0 Å². The number of benzene rings is 2. The summed E-state index contributed by atoms with van der Waals surface area (Å²) in [4.78, 5) is 0. The van der Waals surface area contributed by atoms with Gasteiger partial charge >= 0.3 is 0 Å². The maximum atomic E-state index is 3.56. The van der Waals surface area contributed by atoms with Crippen molar-refractivity contribution in [3.05, 3.63) is 90.0 Å². The molecule has 0 radical (unpaired) electrons. The van der Waals surface area contributed by atoms with Crippen molar-refractivity contribution in [2.45, 2.75) is 20.3 Å². The topological polar surface area (TPSA) is 0 Å². The van der Waals surface area contributed by atoms with Crippen molar-refractivity contribution in [2.24, 2.45) is 0 Å². The predicted molar refractivity (Wildman–Crippen MR) is 94.2 cm³/mol. The third-order valence-electron chi connectivity index (χ3n) is 3.49. The molecule has 0 atom stereocenters. The molecular weight excluding hydrogens is 343 g/mol. The monoisotopic (exact) mass is 364 g/mol. The molecule has 0 fully saturated rings. The zero-order chi connectivity index (χ0) is 15.2. The number of rotatable bonds is 2. The van der Waals surface area contributed by atoms with Crippen molar-refractivity contribution < 1.29 is 26.2 Å². The summed E-state index contributed by atoms with van der Waals surface area (Å²) in [6.07, 6.45) is 5.15. The maximum absolute atomic E-state index is 3.56. The van der Waals surface area contributed by atoms with E-state index in [-0.39, 0.29) is 26.2 Å². The van der Waals surface area contributed by atoms with E-state index in [0.29, 0.717) is 0 Å². The maximum Gasteiger partial charge on any atom is 0 e. The molecular formula is C21H22Zr. The second-order valence-electron chi connectivity index (χ2n) is 5.46. The molecule has 3 rings (SSSR count). The Bertz CT molecular complexity index is 678. The molecule has 0 spiro atoms. The third kappa shape index (κ3) is 4.78. The molecule has 0 saturated heterocycles. The fraction of sp³-hybridized carbons (Fsp3) is 0.143. The summed E-state index contributed by atoms with van der Waals surface area (Å²) in [5, 5.41) is 0. The van der Waals surface area contributed by atoms with Crippen LogP contribution in [0, 0.1) is 0 Å². The smallest absolute Gasteiger partial charge is 0 e. The van der Waals surface area contributed by atoms with Crippen LogP contribution < -0.4 is 0 Å². The zero-order valence-corrected chi connectivity index (χ0v) is 15.9. The molecule has 0 nitrogen and oxygen atoms in total. The zero-order valence-electron chi connectivity index (χ0n) is 13.4. The molecule has 22 heavy (non-hydrogen) atoms. The Hall–Kier alpha value is -1.46. The number of hydrogen-bond acceptors (Lipinski definition) is 0. The minimum absolute atomic E-state index is 0. The first-order valence-electron chi connectivity index (χ1n) is 7.24. The van der Waals surface area contributed by atoms with Crippen LogP contribution in [0.25, 0.3) is 17.2 Å². The summed E-state index contributed by atoms with van der Waals surface area (Å²) in [6, 6.07) is 17.2. The van der Waals surface area contributed by atoms with Crippen molar-refractivity contribution in [3.63, 3.8) is 0 Å². The van der Waals surface area contributed by atoms with Crippen LogP contribution in [0.3, 0.4) is 0 Å². The van der Waals surface area contributed by atoms with Gasteiger partial charge < -0.3 is 0 Å². The number of fused-ring (bicyclic) bond motifs is 1. The molecule has 0 N–H and O–H groups in total. The Labute approximate surface area is 153 Å². The van der Waals surface area contributed by atoms with Gasteiger partial charge in [0.25, 0.3) is 0 Å². The summed E-state index contributed by atoms with van der Waals surface area (Å²) < 4.78 is 0. The molecule has 2 aromatic rings. The van der Waals surface area contributed by atoms with Gasteiger partial charge in [-0.3, -0.25) is 0 Å². The molecule has 1 aliphatic rings. The van der Waals surface area contributed by atoms with Gasteiger partial charge in [0.1, 0.15) is 0 Å². The average molecular weight is 366 g/mol. The molecule has 0 bridgehead atoms. The van der Waals surface area contributed by atoms with E-state index in [0.717, 1.165) is 12.0 Å². The Morgan fingerprint density at radius 3 is 2.27 bits per heavy atom. The molecule has 2 aromatic carbocycles. The quantitative estimate of drug-likeness (QED) is 0.568. The fourth-order valence-corrected chi connectivity index (χ4v) is 2.40. The molecule has 0 saturated carbocycles. The van der Waals surface area contributed by atoms with Crippen LogP contribution in [0.4, 0.5) is 0 Å². The van der Waals surface area contributed by atoms with Crippen LogP contribution in [0.15, 0.2) is 78.9 Å². The van der Waals surface area contributed by atoms with Gasteiger partial charge in [-0.05, 0) is 42.5 Å². The van der Waals surface area contributed by atoms with Crippen LogP contribution in [-0.2, 0) is 32.6 Å². The average Bonchev–Trinajstić information content (AvgIpc) is 2.88. The largest absolute Gasteiger partial charge is 0.0988 e. The molecule has 0 amide bonds. The van der Waals surface area contributed by atoms with Crippen LogP contribution in [-0.4, -0.2) is 0 Å². The molecule has 1 aliphatic carbocycles. The molecule has 0 aromatic heterocycles. The van der Waals surface area contributed by atoms with Crippen LogP contribution in [0.2, 0.25) is 0 Å². The van der Waals surface area contributed by atoms with Crippen molar-refractivity contribution in [3.8, 4) is 11.1 Å². The first-order valence-corrected chi connectivity index (χ1v) is 7.24. The van der Waals surface area contributed by atoms with Gasteiger partial charge in [0.15, 0.2) is 0 Å². The molecule has 1 heteroatoms. The SMILES string of the molecule is C=CC(=C)C.CC1=Cc2c(cccc2-c2ccccc2)C1.[Zr]. The van der Waals surface area contributed by atoms with Gasteiger partial charge in [-0.1, -0.05) is 85.0 Å². The minimum Gasteiger partial charge on any atom is -0.0988 e. The first kappa shape index (κ1) is 18.6. The first-order chi connectivity index (χ1) is 10.1. The Balaban J connectivity index is 0.000000356. The van der Waals surface area contributed by atoms with Crippen molar-refractivity contribution in [1.82, 2.24) is 0 Å². The summed E-state index contributed by atoms with van der Waals surface area (Å²) >= 11 is 0. The van der Waals surface area contributed by atoms with E-state index in [1.807, 2.05) is 6.92 Å². The van der Waals surface area contributed by atoms with E-state index < -0.39 is 0 Å². The second kappa shape index (κ2) is 8.86. The van der Waals surface area contributed by atoms with Gasteiger partial charge in [0.05, 0.1) is 0 Å². The van der Waals surface area contributed by atoms with Gasteiger partial charge in [0, 0.05) is 26.2 Å². The van der Waals surface area contributed by atoms with E-state index in [9.17, 15) is 0 Å². The molecule has 0 unspecified atom stereocenters.